The molecule has 1 rings (SSSR count). The predicted octanol–water partition coefficient (Wildman–Crippen LogP) is -1.58. The van der Waals surface area contributed by atoms with Gasteiger partial charge in [-0.1, -0.05) is 27.2 Å². The number of carboxylic acid groups (broad SMARTS) is 1. The molecule has 0 saturated heterocycles. The third-order valence-corrected chi connectivity index (χ3v) is 3.63. The first-order valence-corrected chi connectivity index (χ1v) is 6.18. The van der Waals surface area contributed by atoms with E-state index < -0.39 is 24.0 Å². The van der Waals surface area contributed by atoms with Gasteiger partial charge in [-0.2, -0.15) is 0 Å². The van der Waals surface area contributed by atoms with Crippen molar-refractivity contribution in [3.05, 3.63) is 0 Å². The van der Waals surface area contributed by atoms with Crippen molar-refractivity contribution in [1.82, 2.24) is 0 Å². The molecule has 18 heavy (non-hydrogen) atoms. The number of carboxylic acids is 1. The zero-order valence-electron chi connectivity index (χ0n) is 11.9. The SMILES string of the molecule is CC(C)(C)C1(OC(=O)CC(=O)[O-])CCCCC1.[K+]. The van der Waals surface area contributed by atoms with Crippen LogP contribution in [0.1, 0.15) is 59.3 Å². The molecule has 0 aromatic rings. The van der Waals surface area contributed by atoms with Crippen LogP contribution in [0.3, 0.4) is 0 Å². The Morgan fingerprint density at radius 3 is 2.06 bits per heavy atom. The molecule has 0 radical (unpaired) electrons. The van der Waals surface area contributed by atoms with Gasteiger partial charge < -0.3 is 14.6 Å². The molecule has 0 aromatic carbocycles. The summed E-state index contributed by atoms with van der Waals surface area (Å²) < 4.78 is 5.49. The molecule has 0 aliphatic heterocycles. The van der Waals surface area contributed by atoms with Crippen LogP contribution < -0.4 is 56.5 Å². The summed E-state index contributed by atoms with van der Waals surface area (Å²) in [5.74, 6) is -2.06. The molecule has 0 aromatic heterocycles. The van der Waals surface area contributed by atoms with E-state index in [2.05, 4.69) is 0 Å². The molecule has 1 saturated carbocycles. The number of hydrogen-bond acceptors (Lipinski definition) is 4. The third-order valence-electron chi connectivity index (χ3n) is 3.63. The standard InChI is InChI=1S/C13H22O4.K/c1-12(2,3)13(7-5-4-6-8-13)17-11(16)9-10(14)15;/h4-9H2,1-3H3,(H,14,15);/q;+1/p-1. The van der Waals surface area contributed by atoms with Gasteiger partial charge in [-0.15, -0.1) is 0 Å². The van der Waals surface area contributed by atoms with Crippen molar-refractivity contribution in [3.63, 3.8) is 0 Å². The Kier molecular flexibility index (Phi) is 7.62. The molecule has 1 aliphatic carbocycles. The summed E-state index contributed by atoms with van der Waals surface area (Å²) in [6.07, 6.45) is 4.17. The van der Waals surface area contributed by atoms with Crippen LogP contribution in [-0.2, 0) is 14.3 Å². The first-order chi connectivity index (χ1) is 7.77. The molecule has 4 nitrogen and oxygen atoms in total. The topological polar surface area (TPSA) is 66.4 Å². The van der Waals surface area contributed by atoms with Gasteiger partial charge in [0.05, 0.1) is 12.4 Å². The minimum atomic E-state index is -1.38. The molecular weight excluding hydrogens is 259 g/mol. The average Bonchev–Trinajstić information content (AvgIpc) is 2.15. The van der Waals surface area contributed by atoms with Gasteiger partial charge in [0, 0.05) is 5.41 Å². The Morgan fingerprint density at radius 2 is 1.67 bits per heavy atom. The molecule has 0 atom stereocenters. The van der Waals surface area contributed by atoms with Crippen molar-refractivity contribution in [1.29, 1.82) is 0 Å². The molecule has 0 unspecified atom stereocenters. The number of rotatable bonds is 3. The second kappa shape index (κ2) is 7.38. The molecule has 5 heteroatoms. The average molecular weight is 280 g/mol. The summed E-state index contributed by atoms with van der Waals surface area (Å²) in [6.45, 7) is 6.10. The summed E-state index contributed by atoms with van der Waals surface area (Å²) >= 11 is 0. The second-order valence-corrected chi connectivity index (χ2v) is 5.83. The first-order valence-electron chi connectivity index (χ1n) is 6.18. The zero-order valence-corrected chi connectivity index (χ0v) is 15.0. The van der Waals surface area contributed by atoms with Gasteiger partial charge in [-0.05, 0) is 25.7 Å². The molecule has 98 valence electrons. The van der Waals surface area contributed by atoms with E-state index in [9.17, 15) is 14.7 Å². The summed E-state index contributed by atoms with van der Waals surface area (Å²) in [5, 5.41) is 10.4. The van der Waals surface area contributed by atoms with Crippen molar-refractivity contribution in [3.8, 4) is 0 Å². The van der Waals surface area contributed by atoms with Gasteiger partial charge in [0.1, 0.15) is 5.60 Å². The van der Waals surface area contributed by atoms with Crippen LogP contribution in [0.5, 0.6) is 0 Å². The van der Waals surface area contributed by atoms with Gasteiger partial charge in [0.15, 0.2) is 0 Å². The summed E-state index contributed by atoms with van der Waals surface area (Å²) in [4.78, 5) is 21.9. The fourth-order valence-electron chi connectivity index (χ4n) is 2.50. The number of ether oxygens (including phenoxy) is 1. The maximum absolute atomic E-state index is 11.5. The zero-order chi connectivity index (χ0) is 13.1. The molecule has 0 amide bonds. The third kappa shape index (κ3) is 4.93. The van der Waals surface area contributed by atoms with Crippen molar-refractivity contribution in [2.75, 3.05) is 0 Å². The minimum Gasteiger partial charge on any atom is -0.550 e. The van der Waals surface area contributed by atoms with Gasteiger partial charge in [0.2, 0.25) is 0 Å². The van der Waals surface area contributed by atoms with Gasteiger partial charge in [0.25, 0.3) is 0 Å². The predicted molar refractivity (Wildman–Crippen MR) is 61.0 cm³/mol. The summed E-state index contributed by atoms with van der Waals surface area (Å²) in [6, 6.07) is 0. The van der Waals surface area contributed by atoms with E-state index in [-0.39, 0.29) is 56.8 Å². The van der Waals surface area contributed by atoms with Crippen molar-refractivity contribution in [2.24, 2.45) is 5.41 Å². The maximum Gasteiger partial charge on any atom is 1.00 e. The normalized spacial score (nSPS) is 18.6. The van der Waals surface area contributed by atoms with E-state index in [1.54, 1.807) is 0 Å². The van der Waals surface area contributed by atoms with Crippen LogP contribution >= 0.6 is 0 Å². The first kappa shape index (κ1) is 18.6. The van der Waals surface area contributed by atoms with Gasteiger partial charge in [-0.3, -0.25) is 4.79 Å². The quantitative estimate of drug-likeness (QED) is 0.356. The van der Waals surface area contributed by atoms with E-state index in [1.165, 1.54) is 0 Å². The number of aliphatic carboxylic acids is 1. The Hall–Kier alpha value is 0.576. The molecule has 0 N–H and O–H groups in total. The maximum atomic E-state index is 11.5. The fourth-order valence-corrected chi connectivity index (χ4v) is 2.50. The van der Waals surface area contributed by atoms with E-state index >= 15 is 0 Å². The van der Waals surface area contributed by atoms with Crippen LogP contribution in [0.4, 0.5) is 0 Å². The van der Waals surface area contributed by atoms with Gasteiger partial charge in [-0.25, -0.2) is 0 Å². The van der Waals surface area contributed by atoms with Crippen LogP contribution in [0.25, 0.3) is 0 Å². The van der Waals surface area contributed by atoms with Gasteiger partial charge >= 0.3 is 57.4 Å². The summed E-state index contributed by atoms with van der Waals surface area (Å²) in [7, 11) is 0. The molecule has 0 spiro atoms. The molecular formula is C13H21KO4. The van der Waals surface area contributed by atoms with Crippen molar-refractivity contribution < 1.29 is 70.8 Å². The fraction of sp³-hybridized carbons (Fsp3) is 0.846. The number of esters is 1. The largest absolute Gasteiger partial charge is 1.00 e. The Morgan fingerprint density at radius 1 is 1.17 bits per heavy atom. The van der Waals surface area contributed by atoms with E-state index in [0.29, 0.717) is 0 Å². The molecule has 0 heterocycles. The Labute approximate surface area is 151 Å². The summed E-state index contributed by atoms with van der Waals surface area (Å²) in [5.41, 5.74) is -0.688. The van der Waals surface area contributed by atoms with E-state index in [1.807, 2.05) is 20.8 Å². The molecule has 1 aliphatic rings. The minimum absolute atomic E-state index is 0. The second-order valence-electron chi connectivity index (χ2n) is 5.83. The van der Waals surface area contributed by atoms with Crippen LogP contribution in [0.15, 0.2) is 0 Å². The number of carbonyl (C=O) groups is 2. The van der Waals surface area contributed by atoms with Crippen molar-refractivity contribution in [2.45, 2.75) is 64.9 Å². The Bertz CT molecular complexity index is 301. The molecule has 1 fully saturated rings. The monoisotopic (exact) mass is 280 g/mol. The van der Waals surface area contributed by atoms with E-state index in [0.717, 1.165) is 32.1 Å². The van der Waals surface area contributed by atoms with Crippen LogP contribution in [0, 0.1) is 5.41 Å². The molecule has 0 bridgehead atoms. The smallest absolute Gasteiger partial charge is 0.550 e. The van der Waals surface area contributed by atoms with E-state index in [4.69, 9.17) is 4.74 Å². The number of hydrogen-bond donors (Lipinski definition) is 0. The Balaban J connectivity index is 0.00000289. The van der Waals surface area contributed by atoms with Crippen molar-refractivity contribution >= 4 is 11.9 Å². The van der Waals surface area contributed by atoms with Crippen LogP contribution in [-0.4, -0.2) is 17.5 Å². The number of carbonyl (C=O) groups excluding carboxylic acids is 2. The van der Waals surface area contributed by atoms with Crippen LogP contribution in [0.2, 0.25) is 0 Å².